The van der Waals surface area contributed by atoms with Gasteiger partial charge >= 0.3 is 0 Å². The highest BCUT2D eigenvalue weighted by Crippen LogP contribution is 2.44. The lowest BCUT2D eigenvalue weighted by atomic mass is 10.0. The minimum atomic E-state index is 0.651. The zero-order chi connectivity index (χ0) is 32.3. The number of aromatic nitrogens is 1. The summed E-state index contributed by atoms with van der Waals surface area (Å²) < 4.78 is 8.84. The van der Waals surface area contributed by atoms with Crippen LogP contribution in [0, 0.1) is 0 Å². The van der Waals surface area contributed by atoms with Gasteiger partial charge in [-0.3, -0.25) is 0 Å². The first-order valence-corrected chi connectivity index (χ1v) is 17.3. The lowest BCUT2D eigenvalue weighted by Crippen LogP contribution is -2.09. The SMILES string of the molecule is c1ccc(N(c2ccc(-c3ccc4ccccc4c3)cc2)c2ccc3c(c2)sc2cccc(-c4nc5c(ccc6ccccc65)o4)c23)cc1. The summed E-state index contributed by atoms with van der Waals surface area (Å²) in [5, 5.41) is 7.15. The van der Waals surface area contributed by atoms with Gasteiger partial charge in [-0.25, -0.2) is 4.98 Å². The third-order valence-corrected chi connectivity index (χ3v) is 10.6. The van der Waals surface area contributed by atoms with Crippen molar-refractivity contribution in [1.82, 2.24) is 4.98 Å². The number of anilines is 3. The number of benzene rings is 8. The second-order valence-electron chi connectivity index (χ2n) is 12.4. The van der Waals surface area contributed by atoms with E-state index in [0.29, 0.717) is 5.89 Å². The molecule has 230 valence electrons. The topological polar surface area (TPSA) is 29.3 Å². The zero-order valence-electron chi connectivity index (χ0n) is 26.4. The van der Waals surface area contributed by atoms with Gasteiger partial charge in [0.25, 0.3) is 0 Å². The Morgan fingerprint density at radius 1 is 0.469 bits per heavy atom. The molecule has 4 heteroatoms. The smallest absolute Gasteiger partial charge is 0.228 e. The fraction of sp³-hybridized carbons (Fsp3) is 0. The molecular weight excluding hydrogens is 617 g/mol. The monoisotopic (exact) mass is 644 g/mol. The van der Waals surface area contributed by atoms with Crippen LogP contribution in [0.1, 0.15) is 0 Å². The van der Waals surface area contributed by atoms with Gasteiger partial charge in [-0.05, 0) is 87.9 Å². The highest BCUT2D eigenvalue weighted by Gasteiger charge is 2.19. The van der Waals surface area contributed by atoms with Gasteiger partial charge in [-0.1, -0.05) is 109 Å². The van der Waals surface area contributed by atoms with E-state index in [0.717, 1.165) is 44.5 Å². The summed E-state index contributed by atoms with van der Waals surface area (Å²) in [7, 11) is 0. The van der Waals surface area contributed by atoms with Crippen LogP contribution < -0.4 is 4.90 Å². The minimum absolute atomic E-state index is 0.651. The van der Waals surface area contributed by atoms with E-state index >= 15 is 0 Å². The van der Waals surface area contributed by atoms with Crippen molar-refractivity contribution < 1.29 is 4.42 Å². The number of hydrogen-bond donors (Lipinski definition) is 0. The summed E-state index contributed by atoms with van der Waals surface area (Å²) >= 11 is 1.81. The summed E-state index contributed by atoms with van der Waals surface area (Å²) in [6.07, 6.45) is 0. The molecule has 0 fully saturated rings. The summed E-state index contributed by atoms with van der Waals surface area (Å²) in [6.45, 7) is 0. The zero-order valence-corrected chi connectivity index (χ0v) is 27.2. The van der Waals surface area contributed by atoms with E-state index in [1.807, 2.05) is 6.07 Å². The van der Waals surface area contributed by atoms with Gasteiger partial charge in [-0.2, -0.15) is 0 Å². The number of thiophene rings is 1. The normalized spacial score (nSPS) is 11.7. The standard InChI is InChI=1S/C45H28N2OS/c1-2-12-34(13-3-1)47(35-22-19-30(20-23-35)33-18-17-29-9-4-5-11-32(29)27-33)36-24-25-38-42(28-36)49-41-16-8-15-39(43(38)41)45-46-44-37-14-7-6-10-31(37)21-26-40(44)48-45/h1-28H. The molecule has 0 atom stereocenters. The minimum Gasteiger partial charge on any atom is -0.436 e. The van der Waals surface area contributed by atoms with Gasteiger partial charge in [0.05, 0.1) is 0 Å². The summed E-state index contributed by atoms with van der Waals surface area (Å²) in [5.41, 5.74) is 8.46. The number of fused-ring (bicyclic) bond motifs is 7. The van der Waals surface area contributed by atoms with Crippen LogP contribution in [-0.2, 0) is 0 Å². The highest BCUT2D eigenvalue weighted by atomic mass is 32.1. The van der Waals surface area contributed by atoms with E-state index in [2.05, 4.69) is 169 Å². The highest BCUT2D eigenvalue weighted by molar-refractivity contribution is 7.26. The molecule has 49 heavy (non-hydrogen) atoms. The fourth-order valence-corrected chi connectivity index (χ4v) is 8.27. The maximum atomic E-state index is 6.41. The molecule has 0 aliphatic heterocycles. The third-order valence-electron chi connectivity index (χ3n) is 9.48. The van der Waals surface area contributed by atoms with Crippen LogP contribution in [0.2, 0.25) is 0 Å². The second kappa shape index (κ2) is 11.2. The van der Waals surface area contributed by atoms with Crippen molar-refractivity contribution in [3.8, 4) is 22.6 Å². The Morgan fingerprint density at radius 2 is 1.18 bits per heavy atom. The molecule has 0 saturated carbocycles. The van der Waals surface area contributed by atoms with E-state index in [1.54, 1.807) is 11.3 Å². The van der Waals surface area contributed by atoms with Crippen LogP contribution in [0.4, 0.5) is 17.1 Å². The van der Waals surface area contributed by atoms with Crippen LogP contribution in [0.15, 0.2) is 174 Å². The maximum absolute atomic E-state index is 6.41. The molecule has 0 amide bonds. The molecule has 10 aromatic rings. The molecule has 0 aliphatic rings. The van der Waals surface area contributed by atoms with Crippen LogP contribution in [0.3, 0.4) is 0 Å². The quantitative estimate of drug-likeness (QED) is 0.187. The van der Waals surface area contributed by atoms with Gasteiger partial charge in [0.15, 0.2) is 5.58 Å². The Hall–Kier alpha value is -6.23. The van der Waals surface area contributed by atoms with Crippen LogP contribution >= 0.6 is 11.3 Å². The van der Waals surface area contributed by atoms with Crippen molar-refractivity contribution in [2.75, 3.05) is 4.90 Å². The second-order valence-corrected chi connectivity index (χ2v) is 13.5. The van der Waals surface area contributed by atoms with Crippen molar-refractivity contribution in [3.05, 3.63) is 170 Å². The van der Waals surface area contributed by atoms with E-state index < -0.39 is 0 Å². The van der Waals surface area contributed by atoms with Gasteiger partial charge in [0.2, 0.25) is 5.89 Å². The van der Waals surface area contributed by atoms with Crippen LogP contribution in [0.25, 0.3) is 75.4 Å². The molecule has 10 rings (SSSR count). The van der Waals surface area contributed by atoms with Crippen molar-refractivity contribution in [2.45, 2.75) is 0 Å². The molecule has 0 unspecified atom stereocenters. The molecule has 2 heterocycles. The first-order valence-electron chi connectivity index (χ1n) is 16.5. The van der Waals surface area contributed by atoms with Gasteiger partial charge in [-0.15, -0.1) is 11.3 Å². The molecule has 0 saturated heterocycles. The van der Waals surface area contributed by atoms with E-state index in [-0.39, 0.29) is 0 Å². The predicted molar refractivity (Wildman–Crippen MR) is 207 cm³/mol. The predicted octanol–water partition coefficient (Wildman–Crippen LogP) is 13.3. The molecular formula is C45H28N2OS. The van der Waals surface area contributed by atoms with Crippen molar-refractivity contribution in [2.24, 2.45) is 0 Å². The van der Waals surface area contributed by atoms with Crippen LogP contribution in [-0.4, -0.2) is 4.98 Å². The molecule has 0 radical (unpaired) electrons. The Morgan fingerprint density at radius 3 is 2.06 bits per heavy atom. The van der Waals surface area contributed by atoms with Gasteiger partial charge < -0.3 is 9.32 Å². The lowest BCUT2D eigenvalue weighted by Gasteiger charge is -2.25. The number of oxazole rings is 1. The summed E-state index contributed by atoms with van der Waals surface area (Å²) in [6, 6.07) is 60.4. The molecule has 0 N–H and O–H groups in total. The first-order chi connectivity index (χ1) is 24.3. The Kier molecular flexibility index (Phi) is 6.36. The largest absolute Gasteiger partial charge is 0.436 e. The molecule has 0 aliphatic carbocycles. The van der Waals surface area contributed by atoms with Crippen molar-refractivity contribution >= 4 is 81.2 Å². The molecule has 2 aromatic heterocycles. The summed E-state index contributed by atoms with van der Waals surface area (Å²) in [5.74, 6) is 0.651. The average molecular weight is 645 g/mol. The average Bonchev–Trinajstić information content (AvgIpc) is 3.77. The Bertz CT molecular complexity index is 2830. The van der Waals surface area contributed by atoms with Gasteiger partial charge in [0, 0.05) is 48.2 Å². The Labute approximate surface area is 286 Å². The fourth-order valence-electron chi connectivity index (χ4n) is 7.10. The number of para-hydroxylation sites is 1. The number of nitrogens with zero attached hydrogens (tertiary/aromatic N) is 2. The number of rotatable bonds is 5. The Balaban J connectivity index is 1.07. The molecule has 3 nitrogen and oxygen atoms in total. The van der Waals surface area contributed by atoms with Crippen molar-refractivity contribution in [3.63, 3.8) is 0 Å². The van der Waals surface area contributed by atoms with Crippen LogP contribution in [0.5, 0.6) is 0 Å². The molecule has 0 spiro atoms. The lowest BCUT2D eigenvalue weighted by molar-refractivity contribution is 0.621. The maximum Gasteiger partial charge on any atom is 0.228 e. The van der Waals surface area contributed by atoms with Gasteiger partial charge in [0.1, 0.15) is 5.52 Å². The third kappa shape index (κ3) is 4.68. The summed E-state index contributed by atoms with van der Waals surface area (Å²) in [4.78, 5) is 7.38. The van der Waals surface area contributed by atoms with E-state index in [4.69, 9.17) is 9.40 Å². The van der Waals surface area contributed by atoms with E-state index in [1.165, 1.54) is 42.1 Å². The van der Waals surface area contributed by atoms with E-state index in [9.17, 15) is 0 Å². The first kappa shape index (κ1) is 27.8. The molecule has 0 bridgehead atoms. The number of hydrogen-bond acceptors (Lipinski definition) is 4. The van der Waals surface area contributed by atoms with Crippen molar-refractivity contribution in [1.29, 1.82) is 0 Å². The molecule has 8 aromatic carbocycles.